The molecule has 6 nitrogen and oxygen atoms in total. The maximum absolute atomic E-state index is 13.8. The van der Waals surface area contributed by atoms with Crippen LogP contribution in [0.5, 0.6) is 0 Å². The summed E-state index contributed by atoms with van der Waals surface area (Å²) < 4.78 is 15.6. The number of carbonyl (C=O) groups is 2. The van der Waals surface area contributed by atoms with Gasteiger partial charge in [-0.3, -0.25) is 14.5 Å². The fraction of sp³-hybridized carbons (Fsp3) is 0.464. The van der Waals surface area contributed by atoms with Crippen molar-refractivity contribution < 1.29 is 14.0 Å². The molecule has 1 fully saturated rings. The van der Waals surface area contributed by atoms with Crippen molar-refractivity contribution in [2.75, 3.05) is 30.3 Å². The van der Waals surface area contributed by atoms with Gasteiger partial charge >= 0.3 is 0 Å². The molecule has 0 N–H and O–H groups in total. The van der Waals surface area contributed by atoms with E-state index in [2.05, 4.69) is 33.8 Å². The van der Waals surface area contributed by atoms with E-state index in [4.69, 9.17) is 5.10 Å². The van der Waals surface area contributed by atoms with Crippen LogP contribution < -0.4 is 4.90 Å². The Morgan fingerprint density at radius 3 is 2.46 bits per heavy atom. The predicted octanol–water partition coefficient (Wildman–Crippen LogP) is 5.80. The summed E-state index contributed by atoms with van der Waals surface area (Å²) >= 11 is 3.24. The summed E-state index contributed by atoms with van der Waals surface area (Å²) in [6.07, 6.45) is 1.95. The molecule has 2 amide bonds. The first-order chi connectivity index (χ1) is 17.6. The Kier molecular flexibility index (Phi) is 7.20. The zero-order chi connectivity index (χ0) is 26.3. The minimum atomic E-state index is -0.340. The molecule has 4 heterocycles. The van der Waals surface area contributed by atoms with E-state index in [-0.39, 0.29) is 40.6 Å². The highest BCUT2D eigenvalue weighted by molar-refractivity contribution is 8.00. The molecule has 0 radical (unpaired) electrons. The molecule has 196 valence electrons. The van der Waals surface area contributed by atoms with Crippen molar-refractivity contribution in [2.45, 2.75) is 51.2 Å². The number of fused-ring (bicyclic) bond motifs is 1. The van der Waals surface area contributed by atoms with Crippen LogP contribution in [-0.4, -0.2) is 51.9 Å². The first-order valence-electron chi connectivity index (χ1n) is 12.8. The van der Waals surface area contributed by atoms with Gasteiger partial charge in [-0.1, -0.05) is 33.8 Å². The largest absolute Gasteiger partial charge is 0.341 e. The van der Waals surface area contributed by atoms with Crippen LogP contribution in [0, 0.1) is 11.7 Å². The number of likely N-dealkylation sites (tertiary alicyclic amines) is 1. The number of benzene rings is 1. The first-order valence-corrected chi connectivity index (χ1v) is 14.7. The molecule has 0 aliphatic carbocycles. The number of thiophene rings is 1. The molecule has 5 rings (SSSR count). The average Bonchev–Trinajstić information content (AvgIpc) is 3.50. The predicted molar refractivity (Wildman–Crippen MR) is 148 cm³/mol. The van der Waals surface area contributed by atoms with Crippen LogP contribution in [0.3, 0.4) is 0 Å². The maximum Gasteiger partial charge on any atom is 0.242 e. The lowest BCUT2D eigenvalue weighted by molar-refractivity contribution is -0.132. The second-order valence-electron chi connectivity index (χ2n) is 11.0. The third-order valence-electron chi connectivity index (χ3n) is 7.10. The van der Waals surface area contributed by atoms with Gasteiger partial charge in [0.1, 0.15) is 18.2 Å². The van der Waals surface area contributed by atoms with Crippen molar-refractivity contribution >= 4 is 40.7 Å². The smallest absolute Gasteiger partial charge is 0.242 e. The Bertz CT molecular complexity index is 1270. The summed E-state index contributed by atoms with van der Waals surface area (Å²) in [7, 11) is 0. The van der Waals surface area contributed by atoms with Gasteiger partial charge in [-0.15, -0.1) is 23.1 Å². The monoisotopic (exact) mass is 540 g/mol. The molecule has 1 atom stereocenters. The Balaban J connectivity index is 1.68. The van der Waals surface area contributed by atoms with Gasteiger partial charge < -0.3 is 4.90 Å². The van der Waals surface area contributed by atoms with Crippen molar-refractivity contribution in [2.24, 2.45) is 5.92 Å². The SMILES string of the molecule is CC1CCN(C(=O)CN2C(=O)CS[C@@H](c3cccs3)c3c(C(C)(C)C)nn(-c4ccc(F)cc4)c32)CC1. The van der Waals surface area contributed by atoms with E-state index in [1.807, 2.05) is 16.3 Å². The Morgan fingerprint density at radius 2 is 1.84 bits per heavy atom. The van der Waals surface area contributed by atoms with E-state index in [0.717, 1.165) is 29.0 Å². The first kappa shape index (κ1) is 26.0. The number of halogens is 1. The summed E-state index contributed by atoms with van der Waals surface area (Å²) in [5.41, 5.74) is 2.16. The average molecular weight is 541 g/mol. The number of thioether (sulfide) groups is 1. The van der Waals surface area contributed by atoms with E-state index in [1.54, 1.807) is 44.8 Å². The minimum Gasteiger partial charge on any atom is -0.341 e. The fourth-order valence-corrected chi connectivity index (χ4v) is 7.17. The zero-order valence-electron chi connectivity index (χ0n) is 21.7. The Hall–Kier alpha value is -2.65. The topological polar surface area (TPSA) is 58.4 Å². The summed E-state index contributed by atoms with van der Waals surface area (Å²) in [6, 6.07) is 10.2. The molecule has 1 aromatic carbocycles. The molecular formula is C28H33FN4O2S2. The lowest BCUT2D eigenvalue weighted by Crippen LogP contribution is -2.46. The van der Waals surface area contributed by atoms with Gasteiger partial charge in [0.25, 0.3) is 0 Å². The van der Waals surface area contributed by atoms with Gasteiger partial charge in [0, 0.05) is 28.9 Å². The number of piperidine rings is 1. The minimum absolute atomic E-state index is 0.0333. The van der Waals surface area contributed by atoms with E-state index in [9.17, 15) is 14.0 Å². The van der Waals surface area contributed by atoms with Crippen LogP contribution in [0.25, 0.3) is 5.69 Å². The highest BCUT2D eigenvalue weighted by atomic mass is 32.2. The molecule has 37 heavy (non-hydrogen) atoms. The van der Waals surface area contributed by atoms with E-state index >= 15 is 0 Å². The van der Waals surface area contributed by atoms with Gasteiger partial charge in [0.15, 0.2) is 0 Å². The van der Waals surface area contributed by atoms with Gasteiger partial charge in [0.05, 0.1) is 22.4 Å². The van der Waals surface area contributed by atoms with Crippen LogP contribution >= 0.6 is 23.1 Å². The summed E-state index contributed by atoms with van der Waals surface area (Å²) in [6.45, 7) is 9.93. The molecule has 0 bridgehead atoms. The van der Waals surface area contributed by atoms with E-state index in [0.29, 0.717) is 30.5 Å². The zero-order valence-corrected chi connectivity index (χ0v) is 23.4. The molecule has 0 spiro atoms. The van der Waals surface area contributed by atoms with Crippen molar-refractivity contribution in [3.8, 4) is 5.69 Å². The van der Waals surface area contributed by atoms with Gasteiger partial charge in [-0.25, -0.2) is 9.07 Å². The highest BCUT2D eigenvalue weighted by Crippen LogP contribution is 2.49. The van der Waals surface area contributed by atoms with Crippen LogP contribution in [0.1, 0.15) is 61.9 Å². The van der Waals surface area contributed by atoms with Gasteiger partial charge in [-0.05, 0) is 54.5 Å². The van der Waals surface area contributed by atoms with Crippen molar-refractivity contribution in [3.05, 3.63) is 63.7 Å². The second-order valence-corrected chi connectivity index (χ2v) is 13.0. The molecule has 2 aliphatic heterocycles. The number of anilines is 1. The van der Waals surface area contributed by atoms with Crippen molar-refractivity contribution in [3.63, 3.8) is 0 Å². The van der Waals surface area contributed by atoms with Crippen molar-refractivity contribution in [1.29, 1.82) is 0 Å². The summed E-state index contributed by atoms with van der Waals surface area (Å²) in [5, 5.41) is 6.99. The molecule has 0 saturated carbocycles. The lowest BCUT2D eigenvalue weighted by Gasteiger charge is -2.32. The summed E-state index contributed by atoms with van der Waals surface area (Å²) in [5.74, 6) is 0.973. The van der Waals surface area contributed by atoms with Crippen molar-refractivity contribution in [1.82, 2.24) is 14.7 Å². The van der Waals surface area contributed by atoms with Gasteiger partial charge in [0.2, 0.25) is 11.8 Å². The quantitative estimate of drug-likeness (QED) is 0.420. The molecule has 3 aromatic rings. The Morgan fingerprint density at radius 1 is 1.14 bits per heavy atom. The third kappa shape index (κ3) is 5.21. The van der Waals surface area contributed by atoms with Crippen LogP contribution in [-0.2, 0) is 15.0 Å². The second kappa shape index (κ2) is 10.3. The normalized spacial score (nSPS) is 19.2. The number of hydrogen-bond donors (Lipinski definition) is 0. The number of aromatic nitrogens is 2. The third-order valence-corrected chi connectivity index (χ3v) is 9.42. The molecule has 2 aliphatic rings. The lowest BCUT2D eigenvalue weighted by atomic mass is 9.88. The summed E-state index contributed by atoms with van der Waals surface area (Å²) in [4.78, 5) is 31.8. The Labute approximate surface area is 225 Å². The van der Waals surface area contributed by atoms with E-state index in [1.165, 1.54) is 12.1 Å². The highest BCUT2D eigenvalue weighted by Gasteiger charge is 2.40. The molecule has 9 heteroatoms. The van der Waals surface area contributed by atoms with Gasteiger partial charge in [-0.2, -0.15) is 5.10 Å². The number of hydrogen-bond acceptors (Lipinski definition) is 5. The maximum atomic E-state index is 13.8. The van der Waals surface area contributed by atoms with Crippen LogP contribution in [0.15, 0.2) is 41.8 Å². The molecule has 1 saturated heterocycles. The van der Waals surface area contributed by atoms with Crippen LogP contribution in [0.2, 0.25) is 0 Å². The number of rotatable bonds is 4. The van der Waals surface area contributed by atoms with E-state index < -0.39 is 0 Å². The fourth-order valence-electron chi connectivity index (χ4n) is 4.99. The molecule has 0 unspecified atom stereocenters. The standard InChI is InChI=1S/C28H33FN4O2S2/c1-18-11-13-31(14-12-18)22(34)16-32-23(35)17-37-25(21-6-5-15-36-21)24-26(28(2,3)4)30-33(27(24)32)20-9-7-19(29)8-10-20/h5-10,15,18,25H,11-14,16-17H2,1-4H3/t25-/m0/s1. The molecule has 2 aromatic heterocycles. The van der Waals surface area contributed by atoms with Crippen LogP contribution in [0.4, 0.5) is 10.2 Å². The number of nitrogens with zero attached hydrogens (tertiary/aromatic N) is 4. The number of amides is 2. The number of carbonyl (C=O) groups excluding carboxylic acids is 2. The molecular weight excluding hydrogens is 507 g/mol.